The number of hydrogen-bond acceptors (Lipinski definition) is 5. The zero-order valence-corrected chi connectivity index (χ0v) is 17.5. The lowest BCUT2D eigenvalue weighted by Crippen LogP contribution is -2.27. The molecular formula is C23H24N4O3. The molecule has 0 N–H and O–H groups in total. The molecule has 2 aromatic carbocycles. The van der Waals surface area contributed by atoms with Gasteiger partial charge in [0.05, 0.1) is 18.5 Å². The van der Waals surface area contributed by atoms with Crippen LogP contribution in [0.2, 0.25) is 0 Å². The second-order valence-corrected chi connectivity index (χ2v) is 7.15. The molecule has 0 bridgehead atoms. The Kier molecular flexibility index (Phi) is 5.27. The molecular weight excluding hydrogens is 380 g/mol. The van der Waals surface area contributed by atoms with E-state index in [1.54, 1.807) is 23.7 Å². The highest BCUT2D eigenvalue weighted by Crippen LogP contribution is 2.28. The number of nitrogens with zero attached hydrogens (tertiary/aromatic N) is 4. The van der Waals surface area contributed by atoms with E-state index < -0.39 is 0 Å². The van der Waals surface area contributed by atoms with Crippen molar-refractivity contribution in [3.63, 3.8) is 0 Å². The van der Waals surface area contributed by atoms with Gasteiger partial charge < -0.3 is 14.1 Å². The predicted octanol–water partition coefficient (Wildman–Crippen LogP) is 4.17. The number of ether oxygens (including phenoxy) is 1. The lowest BCUT2D eigenvalue weighted by atomic mass is 10.1. The molecule has 0 saturated heterocycles. The molecule has 0 aliphatic rings. The highest BCUT2D eigenvalue weighted by atomic mass is 16.5. The van der Waals surface area contributed by atoms with Crippen LogP contribution in [0.3, 0.4) is 0 Å². The highest BCUT2D eigenvalue weighted by Gasteiger charge is 2.23. The molecule has 7 heteroatoms. The van der Waals surface area contributed by atoms with Crippen molar-refractivity contribution in [2.75, 3.05) is 14.2 Å². The SMILES string of the molecule is CCc1oc2ccccc2c1CN(C)C(=O)c1nnn(-c2cccc(OC)c2)c1C. The maximum Gasteiger partial charge on any atom is 0.276 e. The largest absolute Gasteiger partial charge is 0.497 e. The molecule has 0 unspecified atom stereocenters. The monoisotopic (exact) mass is 404 g/mol. The third kappa shape index (κ3) is 3.43. The molecule has 0 atom stereocenters. The molecule has 154 valence electrons. The fraction of sp³-hybridized carbons (Fsp3) is 0.261. The summed E-state index contributed by atoms with van der Waals surface area (Å²) in [6.07, 6.45) is 0.761. The Balaban J connectivity index is 1.62. The summed E-state index contributed by atoms with van der Waals surface area (Å²) in [5.74, 6) is 1.42. The standard InChI is InChI=1S/C23H24N4O3/c1-5-20-19(18-11-6-7-12-21(18)30-20)14-26(3)23(28)22-15(2)27(25-24-22)16-9-8-10-17(13-16)29-4/h6-13H,5,14H2,1-4H3. The summed E-state index contributed by atoms with van der Waals surface area (Å²) in [4.78, 5) is 14.8. The van der Waals surface area contributed by atoms with Gasteiger partial charge in [-0.1, -0.05) is 36.4 Å². The van der Waals surface area contributed by atoms with Crippen LogP contribution in [0.15, 0.2) is 52.9 Å². The summed E-state index contributed by atoms with van der Waals surface area (Å²) in [6, 6.07) is 15.4. The molecule has 1 amide bonds. The minimum Gasteiger partial charge on any atom is -0.497 e. The minimum absolute atomic E-state index is 0.186. The van der Waals surface area contributed by atoms with Crippen molar-refractivity contribution in [1.82, 2.24) is 19.9 Å². The zero-order chi connectivity index (χ0) is 21.3. The topological polar surface area (TPSA) is 73.4 Å². The summed E-state index contributed by atoms with van der Waals surface area (Å²) in [7, 11) is 3.38. The average Bonchev–Trinajstić information content (AvgIpc) is 3.33. The van der Waals surface area contributed by atoms with E-state index in [-0.39, 0.29) is 5.91 Å². The number of para-hydroxylation sites is 1. The van der Waals surface area contributed by atoms with Crippen LogP contribution < -0.4 is 4.74 Å². The van der Waals surface area contributed by atoms with Gasteiger partial charge in [-0.2, -0.15) is 0 Å². The molecule has 0 fully saturated rings. The van der Waals surface area contributed by atoms with Crippen molar-refractivity contribution >= 4 is 16.9 Å². The summed E-state index contributed by atoms with van der Waals surface area (Å²) < 4.78 is 12.9. The second-order valence-electron chi connectivity index (χ2n) is 7.15. The fourth-order valence-corrected chi connectivity index (χ4v) is 3.61. The van der Waals surface area contributed by atoms with E-state index in [2.05, 4.69) is 10.3 Å². The van der Waals surface area contributed by atoms with Crippen molar-refractivity contribution in [3.05, 3.63) is 71.2 Å². The molecule has 0 spiro atoms. The van der Waals surface area contributed by atoms with E-state index in [0.29, 0.717) is 23.7 Å². The number of aromatic nitrogens is 3. The van der Waals surface area contributed by atoms with E-state index in [0.717, 1.165) is 34.4 Å². The maximum absolute atomic E-state index is 13.1. The highest BCUT2D eigenvalue weighted by molar-refractivity contribution is 5.93. The summed E-state index contributed by atoms with van der Waals surface area (Å²) in [6.45, 7) is 4.32. The quantitative estimate of drug-likeness (QED) is 0.482. The van der Waals surface area contributed by atoms with Gasteiger partial charge in [0, 0.05) is 37.0 Å². The lowest BCUT2D eigenvalue weighted by molar-refractivity contribution is 0.0778. The van der Waals surface area contributed by atoms with Crippen LogP contribution in [0.25, 0.3) is 16.7 Å². The maximum atomic E-state index is 13.1. The minimum atomic E-state index is -0.186. The summed E-state index contributed by atoms with van der Waals surface area (Å²) >= 11 is 0. The average molecular weight is 404 g/mol. The van der Waals surface area contributed by atoms with E-state index in [4.69, 9.17) is 9.15 Å². The van der Waals surface area contributed by atoms with Gasteiger partial charge in [-0.3, -0.25) is 4.79 Å². The van der Waals surface area contributed by atoms with Gasteiger partial charge in [0.2, 0.25) is 0 Å². The molecule has 30 heavy (non-hydrogen) atoms. The lowest BCUT2D eigenvalue weighted by Gasteiger charge is -2.16. The number of amides is 1. The zero-order valence-electron chi connectivity index (χ0n) is 17.5. The van der Waals surface area contributed by atoms with E-state index in [1.165, 1.54) is 0 Å². The number of benzene rings is 2. The van der Waals surface area contributed by atoms with Crippen molar-refractivity contribution in [2.45, 2.75) is 26.8 Å². The number of fused-ring (bicyclic) bond motifs is 1. The van der Waals surface area contributed by atoms with Crippen LogP contribution >= 0.6 is 0 Å². The molecule has 2 aromatic heterocycles. The van der Waals surface area contributed by atoms with Crippen LogP contribution in [0.4, 0.5) is 0 Å². The summed E-state index contributed by atoms with van der Waals surface area (Å²) in [5.41, 5.74) is 3.65. The molecule has 0 aliphatic heterocycles. The number of hydrogen-bond donors (Lipinski definition) is 0. The van der Waals surface area contributed by atoms with E-state index >= 15 is 0 Å². The number of carbonyl (C=O) groups excluding carboxylic acids is 1. The first-order chi connectivity index (χ1) is 14.5. The fourth-order valence-electron chi connectivity index (χ4n) is 3.61. The molecule has 7 nitrogen and oxygen atoms in total. The van der Waals surface area contributed by atoms with Crippen molar-refractivity contribution < 1.29 is 13.9 Å². The van der Waals surface area contributed by atoms with Crippen LogP contribution in [0.1, 0.15) is 34.4 Å². The first kappa shape index (κ1) is 19.7. The van der Waals surface area contributed by atoms with Crippen molar-refractivity contribution in [1.29, 1.82) is 0 Å². The first-order valence-corrected chi connectivity index (χ1v) is 9.85. The Bertz CT molecular complexity index is 1210. The third-order valence-corrected chi connectivity index (χ3v) is 5.24. The van der Waals surface area contributed by atoms with Crippen molar-refractivity contribution in [2.24, 2.45) is 0 Å². The molecule has 0 aliphatic carbocycles. The molecule has 4 aromatic rings. The van der Waals surface area contributed by atoms with Crippen LogP contribution in [-0.2, 0) is 13.0 Å². The molecule has 2 heterocycles. The van der Waals surface area contributed by atoms with Crippen LogP contribution in [0, 0.1) is 6.92 Å². The van der Waals surface area contributed by atoms with Gasteiger partial charge in [0.1, 0.15) is 17.1 Å². The normalized spacial score (nSPS) is 11.1. The number of methoxy groups -OCH3 is 1. The Morgan fingerprint density at radius 3 is 2.77 bits per heavy atom. The Morgan fingerprint density at radius 1 is 1.20 bits per heavy atom. The van der Waals surface area contributed by atoms with Gasteiger partial charge in [-0.05, 0) is 25.1 Å². The number of furan rings is 1. The smallest absolute Gasteiger partial charge is 0.276 e. The summed E-state index contributed by atoms with van der Waals surface area (Å²) in [5, 5.41) is 9.38. The van der Waals surface area contributed by atoms with Gasteiger partial charge in [-0.15, -0.1) is 5.10 Å². The van der Waals surface area contributed by atoms with E-state index in [9.17, 15) is 4.79 Å². The van der Waals surface area contributed by atoms with Gasteiger partial charge in [0.15, 0.2) is 5.69 Å². The van der Waals surface area contributed by atoms with Crippen LogP contribution in [-0.4, -0.2) is 40.0 Å². The second kappa shape index (κ2) is 8.02. The Hall–Kier alpha value is -3.61. The predicted molar refractivity (Wildman–Crippen MR) is 114 cm³/mol. The number of carbonyl (C=O) groups is 1. The number of rotatable bonds is 6. The van der Waals surface area contributed by atoms with Gasteiger partial charge >= 0.3 is 0 Å². The molecule has 4 rings (SSSR count). The third-order valence-electron chi connectivity index (χ3n) is 5.24. The number of aryl methyl sites for hydroxylation is 1. The van der Waals surface area contributed by atoms with Gasteiger partial charge in [0.25, 0.3) is 5.91 Å². The van der Waals surface area contributed by atoms with Crippen LogP contribution in [0.5, 0.6) is 5.75 Å². The molecule has 0 radical (unpaired) electrons. The van der Waals surface area contributed by atoms with Gasteiger partial charge in [-0.25, -0.2) is 4.68 Å². The Labute approximate surface area is 174 Å². The first-order valence-electron chi connectivity index (χ1n) is 9.85. The van der Waals surface area contributed by atoms with Crippen molar-refractivity contribution in [3.8, 4) is 11.4 Å². The molecule has 0 saturated carbocycles. The van der Waals surface area contributed by atoms with E-state index in [1.807, 2.05) is 62.4 Å². The Morgan fingerprint density at radius 2 is 2.00 bits per heavy atom.